The molecule has 0 aliphatic carbocycles. The average molecular weight is 235 g/mol. The Morgan fingerprint density at radius 3 is 2.69 bits per heavy atom. The van der Waals surface area contributed by atoms with Gasteiger partial charge in [0.2, 0.25) is 5.91 Å². The molecule has 0 aliphatic rings. The van der Waals surface area contributed by atoms with Gasteiger partial charge in [-0.15, -0.1) is 0 Å². The molecular formula is C9H12F3N3O. The zero-order valence-corrected chi connectivity index (χ0v) is 8.85. The van der Waals surface area contributed by atoms with E-state index in [9.17, 15) is 18.0 Å². The molecule has 0 radical (unpaired) electrons. The number of carbonyl (C=O) groups is 1. The van der Waals surface area contributed by atoms with Gasteiger partial charge in [0.25, 0.3) is 0 Å². The summed E-state index contributed by atoms with van der Waals surface area (Å²) in [6.45, 7) is 3.50. The predicted molar refractivity (Wildman–Crippen MR) is 51.7 cm³/mol. The lowest BCUT2D eigenvalue weighted by atomic mass is 10.1. The molecule has 16 heavy (non-hydrogen) atoms. The fraction of sp³-hybridized carbons (Fsp3) is 0.556. The Balaban J connectivity index is 2.70. The molecule has 2 N–H and O–H groups in total. The predicted octanol–water partition coefficient (Wildman–Crippen LogP) is 2.41. The Bertz CT molecular complexity index is 372. The molecule has 1 aromatic heterocycles. The smallest absolute Gasteiger partial charge is 0.309 e. The molecule has 0 bridgehead atoms. The number of nitrogens with zero attached hydrogens (tertiary/aromatic N) is 1. The number of rotatable bonds is 3. The summed E-state index contributed by atoms with van der Waals surface area (Å²) in [5, 5.41) is 7.48. The van der Waals surface area contributed by atoms with Crippen molar-refractivity contribution >= 4 is 11.7 Å². The van der Waals surface area contributed by atoms with Crippen molar-refractivity contribution in [3.05, 3.63) is 11.8 Å². The Morgan fingerprint density at radius 1 is 1.62 bits per heavy atom. The van der Waals surface area contributed by atoms with Crippen LogP contribution in [-0.2, 0) is 11.0 Å². The lowest BCUT2D eigenvalue weighted by molar-refractivity contribution is -0.141. The molecule has 90 valence electrons. The molecule has 0 aromatic carbocycles. The highest BCUT2D eigenvalue weighted by atomic mass is 19.4. The number of amides is 1. The highest BCUT2D eigenvalue weighted by molar-refractivity contribution is 5.91. The lowest BCUT2D eigenvalue weighted by Gasteiger charge is -2.06. The summed E-state index contributed by atoms with van der Waals surface area (Å²) in [7, 11) is 0. The third kappa shape index (κ3) is 2.98. The molecule has 1 amide bonds. The van der Waals surface area contributed by atoms with E-state index in [1.165, 1.54) is 0 Å². The van der Waals surface area contributed by atoms with Crippen molar-refractivity contribution in [2.75, 3.05) is 5.32 Å². The van der Waals surface area contributed by atoms with Crippen LogP contribution in [0.1, 0.15) is 26.0 Å². The van der Waals surface area contributed by atoms with Gasteiger partial charge in [-0.3, -0.25) is 9.89 Å². The second kappa shape index (κ2) is 4.54. The number of hydrogen-bond donors (Lipinski definition) is 2. The van der Waals surface area contributed by atoms with Crippen LogP contribution in [0.3, 0.4) is 0 Å². The summed E-state index contributed by atoms with van der Waals surface area (Å²) in [4.78, 5) is 11.4. The Labute approximate surface area is 90.2 Å². The van der Waals surface area contributed by atoms with Gasteiger partial charge in [0.05, 0.1) is 0 Å². The van der Waals surface area contributed by atoms with E-state index in [1.54, 1.807) is 6.92 Å². The number of aromatic nitrogens is 2. The first-order chi connectivity index (χ1) is 7.34. The second-order valence-electron chi connectivity index (χ2n) is 3.46. The van der Waals surface area contributed by atoms with Crippen molar-refractivity contribution in [1.82, 2.24) is 10.2 Å². The number of H-pyrrole nitrogens is 1. The van der Waals surface area contributed by atoms with E-state index < -0.39 is 11.9 Å². The number of anilines is 1. The van der Waals surface area contributed by atoms with E-state index in [4.69, 9.17) is 0 Å². The van der Waals surface area contributed by atoms with Crippen molar-refractivity contribution < 1.29 is 18.0 Å². The van der Waals surface area contributed by atoms with Crippen LogP contribution in [-0.4, -0.2) is 16.1 Å². The van der Waals surface area contributed by atoms with Gasteiger partial charge in [0.1, 0.15) is 5.69 Å². The van der Waals surface area contributed by atoms with Crippen LogP contribution in [0.5, 0.6) is 0 Å². The van der Waals surface area contributed by atoms with Gasteiger partial charge >= 0.3 is 6.18 Å². The zero-order valence-electron chi connectivity index (χ0n) is 8.85. The van der Waals surface area contributed by atoms with Gasteiger partial charge in [0.15, 0.2) is 5.82 Å². The Kier molecular flexibility index (Phi) is 3.56. The minimum absolute atomic E-state index is 0.113. The third-order valence-electron chi connectivity index (χ3n) is 2.19. The van der Waals surface area contributed by atoms with Crippen LogP contribution in [0.15, 0.2) is 6.07 Å². The molecular weight excluding hydrogens is 223 g/mol. The standard InChI is InChI=1S/C9H12F3N3O/c1-3-5(2)8(16)13-7-4-6(14-15-7)9(10,11)12/h4-5H,3H2,1-2H3,(H2,13,14,15,16). The van der Waals surface area contributed by atoms with Gasteiger partial charge in [0, 0.05) is 12.0 Å². The van der Waals surface area contributed by atoms with Gasteiger partial charge in [-0.05, 0) is 6.42 Å². The van der Waals surface area contributed by atoms with Gasteiger partial charge in [-0.2, -0.15) is 18.3 Å². The largest absolute Gasteiger partial charge is 0.432 e. The Hall–Kier alpha value is -1.53. The molecule has 1 unspecified atom stereocenters. The molecule has 1 rings (SSSR count). The Morgan fingerprint density at radius 2 is 2.25 bits per heavy atom. The lowest BCUT2D eigenvalue weighted by Crippen LogP contribution is -2.19. The minimum atomic E-state index is -4.48. The van der Waals surface area contributed by atoms with Crippen molar-refractivity contribution in [1.29, 1.82) is 0 Å². The number of alkyl halides is 3. The summed E-state index contributed by atoms with van der Waals surface area (Å²) >= 11 is 0. The first-order valence-corrected chi connectivity index (χ1v) is 4.78. The monoisotopic (exact) mass is 235 g/mol. The molecule has 0 spiro atoms. The first kappa shape index (κ1) is 12.5. The van der Waals surface area contributed by atoms with Gasteiger partial charge in [-0.25, -0.2) is 0 Å². The molecule has 0 saturated carbocycles. The molecule has 4 nitrogen and oxygen atoms in total. The topological polar surface area (TPSA) is 57.8 Å². The fourth-order valence-electron chi connectivity index (χ4n) is 0.966. The number of halogens is 3. The van der Waals surface area contributed by atoms with E-state index in [0.29, 0.717) is 6.42 Å². The highest BCUT2D eigenvalue weighted by Crippen LogP contribution is 2.28. The average Bonchev–Trinajstić information content (AvgIpc) is 2.64. The maximum Gasteiger partial charge on any atom is 0.432 e. The van der Waals surface area contributed by atoms with E-state index in [-0.39, 0.29) is 17.6 Å². The normalized spacial score (nSPS) is 13.6. The molecule has 1 atom stereocenters. The molecule has 0 saturated heterocycles. The summed E-state index contributed by atoms with van der Waals surface area (Å²) < 4.78 is 36.5. The number of nitrogens with one attached hydrogen (secondary N) is 2. The van der Waals surface area contributed by atoms with Crippen molar-refractivity contribution in [2.24, 2.45) is 5.92 Å². The molecule has 7 heteroatoms. The number of carbonyl (C=O) groups excluding carboxylic acids is 1. The van der Waals surface area contributed by atoms with Crippen LogP contribution in [0, 0.1) is 5.92 Å². The molecule has 0 aliphatic heterocycles. The first-order valence-electron chi connectivity index (χ1n) is 4.78. The fourth-order valence-corrected chi connectivity index (χ4v) is 0.966. The number of hydrogen-bond acceptors (Lipinski definition) is 2. The third-order valence-corrected chi connectivity index (χ3v) is 2.19. The van der Waals surface area contributed by atoms with Crippen LogP contribution in [0.25, 0.3) is 0 Å². The maximum absolute atomic E-state index is 12.2. The zero-order chi connectivity index (χ0) is 12.3. The molecule has 1 aromatic rings. The maximum atomic E-state index is 12.2. The quantitative estimate of drug-likeness (QED) is 0.845. The van der Waals surface area contributed by atoms with E-state index in [2.05, 4.69) is 10.4 Å². The molecule has 1 heterocycles. The van der Waals surface area contributed by atoms with E-state index in [0.717, 1.165) is 6.07 Å². The highest BCUT2D eigenvalue weighted by Gasteiger charge is 2.33. The summed E-state index contributed by atoms with van der Waals surface area (Å²) in [5.41, 5.74) is -0.980. The van der Waals surface area contributed by atoms with Crippen molar-refractivity contribution in [3.63, 3.8) is 0 Å². The van der Waals surface area contributed by atoms with Crippen LogP contribution in [0.2, 0.25) is 0 Å². The SMILES string of the molecule is CCC(C)C(=O)Nc1cc(C(F)(F)F)[nH]n1. The minimum Gasteiger partial charge on any atom is -0.309 e. The van der Waals surface area contributed by atoms with Gasteiger partial charge < -0.3 is 5.32 Å². The van der Waals surface area contributed by atoms with E-state index >= 15 is 0 Å². The van der Waals surface area contributed by atoms with E-state index in [1.807, 2.05) is 12.0 Å². The van der Waals surface area contributed by atoms with Crippen LogP contribution < -0.4 is 5.32 Å². The van der Waals surface area contributed by atoms with Gasteiger partial charge in [-0.1, -0.05) is 13.8 Å². The summed E-state index contributed by atoms with van der Waals surface area (Å²) in [6, 6.07) is 0.764. The van der Waals surface area contributed by atoms with Crippen molar-refractivity contribution in [2.45, 2.75) is 26.4 Å². The van der Waals surface area contributed by atoms with Crippen LogP contribution >= 0.6 is 0 Å². The number of aromatic amines is 1. The summed E-state index contributed by atoms with van der Waals surface area (Å²) in [6.07, 6.45) is -3.87. The summed E-state index contributed by atoms with van der Waals surface area (Å²) in [5.74, 6) is -0.716. The van der Waals surface area contributed by atoms with Crippen molar-refractivity contribution in [3.8, 4) is 0 Å². The second-order valence-corrected chi connectivity index (χ2v) is 3.46. The van der Waals surface area contributed by atoms with Crippen LogP contribution in [0.4, 0.5) is 19.0 Å². The molecule has 0 fully saturated rings.